The molecule has 0 saturated heterocycles. The van der Waals surface area contributed by atoms with E-state index in [0.717, 1.165) is 11.8 Å². The van der Waals surface area contributed by atoms with Gasteiger partial charge in [-0.15, -0.1) is 0 Å². The highest BCUT2D eigenvalue weighted by atomic mass is 15.1. The van der Waals surface area contributed by atoms with E-state index in [4.69, 9.17) is 0 Å². The average Bonchev–Trinajstić information content (AvgIpc) is 2.35. The second-order valence-electron chi connectivity index (χ2n) is 6.45. The first-order chi connectivity index (χ1) is 8.99. The third-order valence-corrected chi connectivity index (χ3v) is 4.57. The molecule has 2 nitrogen and oxygen atoms in total. The van der Waals surface area contributed by atoms with Gasteiger partial charge in [0.15, 0.2) is 0 Å². The van der Waals surface area contributed by atoms with Gasteiger partial charge in [-0.3, -0.25) is 0 Å². The number of hydrogen-bond donors (Lipinski definition) is 1. The molecule has 0 radical (unpaired) electrons. The number of nitrogens with zero attached hydrogens (tertiary/aromatic N) is 1. The second-order valence-corrected chi connectivity index (χ2v) is 6.45. The summed E-state index contributed by atoms with van der Waals surface area (Å²) in [7, 11) is 4.22. The molecule has 1 aromatic rings. The molecular formula is C17H28N2. The summed E-state index contributed by atoms with van der Waals surface area (Å²) in [5.74, 6) is 1.54. The van der Waals surface area contributed by atoms with Gasteiger partial charge in [-0.2, -0.15) is 0 Å². The minimum absolute atomic E-state index is 0.617. The van der Waals surface area contributed by atoms with E-state index in [-0.39, 0.29) is 0 Å². The van der Waals surface area contributed by atoms with E-state index >= 15 is 0 Å². The minimum atomic E-state index is 0.617. The van der Waals surface area contributed by atoms with Crippen LogP contribution in [-0.4, -0.2) is 20.1 Å². The average molecular weight is 260 g/mol. The van der Waals surface area contributed by atoms with E-state index in [1.165, 1.54) is 36.2 Å². The van der Waals surface area contributed by atoms with Crippen molar-refractivity contribution < 1.29 is 0 Å². The van der Waals surface area contributed by atoms with Gasteiger partial charge < -0.3 is 10.2 Å². The van der Waals surface area contributed by atoms with Gasteiger partial charge >= 0.3 is 0 Å². The summed E-state index contributed by atoms with van der Waals surface area (Å²) >= 11 is 0. The number of aryl methyl sites for hydroxylation is 1. The Balaban J connectivity index is 2.16. The van der Waals surface area contributed by atoms with Crippen molar-refractivity contribution in [2.24, 2.45) is 11.8 Å². The molecule has 1 aliphatic rings. The van der Waals surface area contributed by atoms with E-state index in [9.17, 15) is 0 Å². The Bertz CT molecular complexity index is 415. The summed E-state index contributed by atoms with van der Waals surface area (Å²) < 4.78 is 0. The Morgan fingerprint density at radius 1 is 1.11 bits per heavy atom. The summed E-state index contributed by atoms with van der Waals surface area (Å²) in [6, 6.07) is 7.33. The Labute approximate surface area is 118 Å². The van der Waals surface area contributed by atoms with E-state index in [0.29, 0.717) is 6.04 Å². The molecule has 1 aliphatic carbocycles. The summed E-state index contributed by atoms with van der Waals surface area (Å²) in [6.45, 7) is 6.94. The van der Waals surface area contributed by atoms with Gasteiger partial charge in [0.2, 0.25) is 0 Å². The van der Waals surface area contributed by atoms with E-state index in [1.54, 1.807) is 0 Å². The van der Waals surface area contributed by atoms with Crippen LogP contribution in [0.3, 0.4) is 0 Å². The predicted molar refractivity (Wildman–Crippen MR) is 85.1 cm³/mol. The van der Waals surface area contributed by atoms with Crippen molar-refractivity contribution in [3.05, 3.63) is 23.8 Å². The van der Waals surface area contributed by atoms with Crippen molar-refractivity contribution in [3.63, 3.8) is 0 Å². The van der Waals surface area contributed by atoms with Crippen LogP contribution in [0.4, 0.5) is 11.4 Å². The number of anilines is 2. The maximum Gasteiger partial charge on any atom is 0.0411 e. The van der Waals surface area contributed by atoms with Crippen molar-refractivity contribution >= 4 is 11.4 Å². The van der Waals surface area contributed by atoms with Crippen molar-refractivity contribution in [1.82, 2.24) is 0 Å². The zero-order valence-electron chi connectivity index (χ0n) is 13.0. The van der Waals surface area contributed by atoms with Crippen LogP contribution >= 0.6 is 0 Å². The van der Waals surface area contributed by atoms with E-state index < -0.39 is 0 Å². The molecule has 1 aromatic carbocycles. The summed E-state index contributed by atoms with van der Waals surface area (Å²) in [6.07, 6.45) is 4.10. The summed E-state index contributed by atoms with van der Waals surface area (Å²) in [5.41, 5.74) is 3.90. The van der Waals surface area contributed by atoms with Crippen molar-refractivity contribution in [3.8, 4) is 0 Å². The Morgan fingerprint density at radius 2 is 1.74 bits per heavy atom. The van der Waals surface area contributed by atoms with Crippen LogP contribution in [0.2, 0.25) is 0 Å². The number of nitrogens with one attached hydrogen (secondary N) is 1. The fourth-order valence-corrected chi connectivity index (χ4v) is 3.34. The van der Waals surface area contributed by atoms with Crippen LogP contribution in [0, 0.1) is 18.8 Å². The molecule has 1 fully saturated rings. The molecule has 0 aromatic heterocycles. The fraction of sp³-hybridized carbons (Fsp3) is 0.647. The van der Waals surface area contributed by atoms with Crippen LogP contribution in [0.25, 0.3) is 0 Å². The lowest BCUT2D eigenvalue weighted by molar-refractivity contribution is 0.268. The second kappa shape index (κ2) is 5.85. The molecule has 0 heterocycles. The van der Waals surface area contributed by atoms with Gasteiger partial charge in [0.1, 0.15) is 0 Å². The molecule has 2 rings (SSSR count). The zero-order valence-corrected chi connectivity index (χ0v) is 13.0. The number of hydrogen-bond acceptors (Lipinski definition) is 2. The van der Waals surface area contributed by atoms with Crippen LogP contribution in [0.15, 0.2) is 18.2 Å². The first-order valence-corrected chi connectivity index (χ1v) is 7.53. The normalized spacial score (nSPS) is 27.1. The Morgan fingerprint density at radius 3 is 2.32 bits per heavy atom. The number of benzene rings is 1. The van der Waals surface area contributed by atoms with Crippen LogP contribution in [-0.2, 0) is 0 Å². The third kappa shape index (κ3) is 3.23. The van der Waals surface area contributed by atoms with Crippen molar-refractivity contribution in [2.45, 2.75) is 46.1 Å². The van der Waals surface area contributed by atoms with Crippen LogP contribution in [0.5, 0.6) is 0 Å². The highest BCUT2D eigenvalue weighted by molar-refractivity contribution is 5.62. The fourth-order valence-electron chi connectivity index (χ4n) is 3.34. The molecule has 19 heavy (non-hydrogen) atoms. The minimum Gasteiger partial charge on any atom is -0.382 e. The standard InChI is InChI=1S/C17H28N2/c1-12-9-10-15(11-16(12)19(4)5)18-17-13(2)7-6-8-14(17)3/h9-11,13-14,17-18H,6-8H2,1-5H3. The van der Waals surface area contributed by atoms with Gasteiger partial charge in [0, 0.05) is 31.5 Å². The molecule has 2 atom stereocenters. The maximum absolute atomic E-state index is 3.78. The molecule has 2 heteroatoms. The predicted octanol–water partition coefficient (Wildman–Crippen LogP) is 4.30. The smallest absolute Gasteiger partial charge is 0.0411 e. The topological polar surface area (TPSA) is 15.3 Å². The van der Waals surface area contributed by atoms with Gasteiger partial charge in [-0.05, 0) is 49.3 Å². The maximum atomic E-state index is 3.78. The number of rotatable bonds is 3. The lowest BCUT2D eigenvalue weighted by Gasteiger charge is -2.36. The molecule has 0 aliphatic heterocycles. The van der Waals surface area contributed by atoms with Crippen molar-refractivity contribution in [2.75, 3.05) is 24.3 Å². The van der Waals surface area contributed by atoms with Crippen LogP contribution < -0.4 is 10.2 Å². The van der Waals surface area contributed by atoms with Gasteiger partial charge in [-0.25, -0.2) is 0 Å². The largest absolute Gasteiger partial charge is 0.382 e. The summed E-state index contributed by atoms with van der Waals surface area (Å²) in [4.78, 5) is 2.19. The third-order valence-electron chi connectivity index (χ3n) is 4.57. The van der Waals surface area contributed by atoms with Crippen LogP contribution in [0.1, 0.15) is 38.7 Å². The first kappa shape index (κ1) is 14.2. The SMILES string of the molecule is Cc1ccc(NC2C(C)CCCC2C)cc1N(C)C. The molecule has 1 N–H and O–H groups in total. The molecule has 0 bridgehead atoms. The highest BCUT2D eigenvalue weighted by Crippen LogP contribution is 2.32. The van der Waals surface area contributed by atoms with Gasteiger partial charge in [-0.1, -0.05) is 26.3 Å². The Kier molecular flexibility index (Phi) is 4.38. The first-order valence-electron chi connectivity index (χ1n) is 7.53. The molecule has 0 spiro atoms. The quantitative estimate of drug-likeness (QED) is 0.871. The van der Waals surface area contributed by atoms with E-state index in [2.05, 4.69) is 63.3 Å². The molecule has 2 unspecified atom stereocenters. The summed E-state index contributed by atoms with van der Waals surface area (Å²) in [5, 5.41) is 3.78. The molecular weight excluding hydrogens is 232 g/mol. The molecule has 0 amide bonds. The monoisotopic (exact) mass is 260 g/mol. The van der Waals surface area contributed by atoms with E-state index in [1.807, 2.05) is 0 Å². The lowest BCUT2D eigenvalue weighted by Crippen LogP contribution is -2.37. The zero-order chi connectivity index (χ0) is 14.0. The Hall–Kier alpha value is -1.18. The van der Waals surface area contributed by atoms with Crippen molar-refractivity contribution in [1.29, 1.82) is 0 Å². The molecule has 1 saturated carbocycles. The lowest BCUT2D eigenvalue weighted by atomic mass is 9.78. The van der Waals surface area contributed by atoms with Gasteiger partial charge in [0.05, 0.1) is 0 Å². The highest BCUT2D eigenvalue weighted by Gasteiger charge is 2.27. The van der Waals surface area contributed by atoms with Gasteiger partial charge in [0.25, 0.3) is 0 Å². The molecule has 106 valence electrons.